The van der Waals surface area contributed by atoms with Crippen molar-refractivity contribution in [3.63, 3.8) is 0 Å². The van der Waals surface area contributed by atoms with Gasteiger partial charge < -0.3 is 52.8 Å². The lowest BCUT2D eigenvalue weighted by Crippen LogP contribution is -2.66. The van der Waals surface area contributed by atoms with Crippen molar-refractivity contribution in [2.45, 2.75) is 81.2 Å². The molecule has 350 valence electrons. The summed E-state index contributed by atoms with van der Waals surface area (Å²) in [6.45, 7) is 0.819. The third-order valence-electron chi connectivity index (χ3n) is 10.8. The zero-order chi connectivity index (χ0) is 47.1. The normalized spacial score (nSPS) is 24.6. The number of hydrogen-bond donors (Lipinski definition) is 2. The van der Waals surface area contributed by atoms with E-state index < -0.39 is 104 Å². The van der Waals surface area contributed by atoms with Crippen molar-refractivity contribution >= 4 is 29.8 Å². The maximum Gasteiger partial charge on any atom is 0.338 e. The van der Waals surface area contributed by atoms with E-state index in [2.05, 4.69) is 0 Å². The second-order valence-electron chi connectivity index (χ2n) is 15.5. The standard InChI is InChI=1S/C51H50O16/c1-2-3-29-59-50-44(66-49(58)36-27-17-8-18-28-36)43(65-48(57)35-25-15-7-16-26-35)41(38(63-50)31-61-46(55)33-21-11-5-12-22-33)67-51-42(64-47(56)34-23-13-6-14-24-34)40(53)39(52)37(62-51)30-60-45(54)32-19-9-4-10-20-32/h4-28,37-44,50-53H,2-3,29-31H2,1H3/t37?,38?,39-,40?,41+,42-,43?,44-,50+,51-/m0/s1. The lowest BCUT2D eigenvalue weighted by atomic mass is 9.96. The number of aliphatic hydroxyl groups excluding tert-OH is 2. The Morgan fingerprint density at radius 1 is 0.448 bits per heavy atom. The van der Waals surface area contributed by atoms with Crippen molar-refractivity contribution in [2.24, 2.45) is 0 Å². The Bertz CT molecular complexity index is 2370. The summed E-state index contributed by atoms with van der Waals surface area (Å²) in [5.41, 5.74) is 0.689. The number of carbonyl (C=O) groups is 5. The van der Waals surface area contributed by atoms with Gasteiger partial charge in [0.25, 0.3) is 0 Å². The zero-order valence-corrected chi connectivity index (χ0v) is 36.4. The van der Waals surface area contributed by atoms with Gasteiger partial charge in [-0.15, -0.1) is 0 Å². The van der Waals surface area contributed by atoms with Gasteiger partial charge in [0.1, 0.15) is 43.7 Å². The van der Waals surface area contributed by atoms with E-state index in [1.807, 2.05) is 6.92 Å². The van der Waals surface area contributed by atoms with Gasteiger partial charge in [-0.1, -0.05) is 104 Å². The lowest BCUT2D eigenvalue weighted by Gasteiger charge is -2.48. The first-order valence-corrected chi connectivity index (χ1v) is 21.8. The number of rotatable bonds is 18. The van der Waals surface area contributed by atoms with E-state index in [-0.39, 0.29) is 34.4 Å². The summed E-state index contributed by atoms with van der Waals surface area (Å²) in [7, 11) is 0. The summed E-state index contributed by atoms with van der Waals surface area (Å²) < 4.78 is 55.1. The Balaban J connectivity index is 1.30. The van der Waals surface area contributed by atoms with Crippen LogP contribution in [0, 0.1) is 0 Å². The fourth-order valence-electron chi connectivity index (χ4n) is 7.28. The van der Waals surface area contributed by atoms with Crippen LogP contribution in [0.5, 0.6) is 0 Å². The van der Waals surface area contributed by atoms with E-state index >= 15 is 0 Å². The van der Waals surface area contributed by atoms with E-state index in [0.29, 0.717) is 12.8 Å². The van der Waals surface area contributed by atoms with Gasteiger partial charge in [0.15, 0.2) is 30.9 Å². The summed E-state index contributed by atoms with van der Waals surface area (Å²) in [6, 6.07) is 39.8. The molecule has 0 saturated carbocycles. The molecule has 0 aliphatic carbocycles. The highest BCUT2D eigenvalue weighted by Gasteiger charge is 2.56. The van der Waals surface area contributed by atoms with Gasteiger partial charge >= 0.3 is 29.8 Å². The van der Waals surface area contributed by atoms with Crippen molar-refractivity contribution < 1.29 is 76.8 Å². The van der Waals surface area contributed by atoms with E-state index in [0.717, 1.165) is 0 Å². The molecule has 16 heteroatoms. The summed E-state index contributed by atoms with van der Waals surface area (Å²) in [4.78, 5) is 68.2. The molecule has 0 aromatic heterocycles. The maximum absolute atomic E-state index is 14.1. The van der Waals surface area contributed by atoms with Crippen molar-refractivity contribution in [1.29, 1.82) is 0 Å². The number of hydrogen-bond acceptors (Lipinski definition) is 16. The summed E-state index contributed by atoms with van der Waals surface area (Å²) >= 11 is 0. The topological polar surface area (TPSA) is 209 Å². The number of benzene rings is 5. The van der Waals surface area contributed by atoms with Crippen LogP contribution in [0.3, 0.4) is 0 Å². The molecule has 67 heavy (non-hydrogen) atoms. The highest BCUT2D eigenvalue weighted by atomic mass is 16.8. The number of carbonyl (C=O) groups excluding carboxylic acids is 5. The monoisotopic (exact) mass is 918 g/mol. The first kappa shape index (κ1) is 48.2. The molecular weight excluding hydrogens is 869 g/mol. The number of unbranched alkanes of at least 4 members (excludes halogenated alkanes) is 1. The van der Waals surface area contributed by atoms with Crippen LogP contribution in [0.25, 0.3) is 0 Å². The van der Waals surface area contributed by atoms with E-state index in [1.165, 1.54) is 60.7 Å². The van der Waals surface area contributed by atoms with Crippen LogP contribution < -0.4 is 0 Å². The van der Waals surface area contributed by atoms with Gasteiger partial charge in [-0.05, 0) is 67.1 Å². The van der Waals surface area contributed by atoms with E-state index in [4.69, 9.17) is 42.6 Å². The smallest absolute Gasteiger partial charge is 0.338 e. The summed E-state index contributed by atoms with van der Waals surface area (Å²) in [6.07, 6.45) is -15.6. The van der Waals surface area contributed by atoms with Gasteiger partial charge in [0.05, 0.1) is 27.8 Å². The molecule has 2 heterocycles. The SMILES string of the molecule is CCCCO[C@@H]1OC(COC(=O)c2ccccc2)[C@@H](O[C@@H]2OC(COC(=O)c3ccccc3)[C@H](O)C(O)[C@@H]2OC(=O)c2ccccc2)C(OC(=O)c2ccccc2)[C@@H]1OC(=O)c1ccccc1. The first-order valence-electron chi connectivity index (χ1n) is 21.8. The molecule has 2 N–H and O–H groups in total. The minimum Gasteiger partial charge on any atom is -0.459 e. The largest absolute Gasteiger partial charge is 0.459 e. The highest BCUT2D eigenvalue weighted by Crippen LogP contribution is 2.35. The molecule has 2 aliphatic rings. The van der Waals surface area contributed by atoms with Gasteiger partial charge in [-0.2, -0.15) is 0 Å². The van der Waals surface area contributed by atoms with E-state index in [9.17, 15) is 34.2 Å². The average molecular weight is 919 g/mol. The van der Waals surface area contributed by atoms with Gasteiger partial charge in [0, 0.05) is 6.61 Å². The second-order valence-corrected chi connectivity index (χ2v) is 15.5. The lowest BCUT2D eigenvalue weighted by molar-refractivity contribution is -0.357. The molecule has 10 atom stereocenters. The molecule has 2 fully saturated rings. The molecule has 0 radical (unpaired) electrons. The second kappa shape index (κ2) is 23.6. The van der Waals surface area contributed by atoms with Crippen molar-refractivity contribution in [1.82, 2.24) is 0 Å². The van der Waals surface area contributed by atoms with Crippen molar-refractivity contribution in [2.75, 3.05) is 19.8 Å². The molecule has 5 aromatic rings. The quantitative estimate of drug-likeness (QED) is 0.0609. The molecule has 2 saturated heterocycles. The van der Waals surface area contributed by atoms with Gasteiger partial charge in [0.2, 0.25) is 0 Å². The summed E-state index contributed by atoms with van der Waals surface area (Å²) in [5.74, 6) is -4.22. The average Bonchev–Trinajstić information content (AvgIpc) is 3.37. The molecular formula is C51H50O16. The van der Waals surface area contributed by atoms with Gasteiger partial charge in [-0.3, -0.25) is 0 Å². The number of aliphatic hydroxyl groups is 2. The molecule has 16 nitrogen and oxygen atoms in total. The number of ether oxygens (including phenoxy) is 9. The third-order valence-corrected chi connectivity index (χ3v) is 10.8. The predicted molar refractivity (Wildman–Crippen MR) is 235 cm³/mol. The fourth-order valence-corrected chi connectivity index (χ4v) is 7.28. The third kappa shape index (κ3) is 12.6. The Hall–Kier alpha value is -6.79. The van der Waals surface area contributed by atoms with Crippen LogP contribution >= 0.6 is 0 Å². The Morgan fingerprint density at radius 2 is 0.821 bits per heavy atom. The van der Waals surface area contributed by atoms with Gasteiger partial charge in [-0.25, -0.2) is 24.0 Å². The molecule has 0 bridgehead atoms. The molecule has 5 aromatic carbocycles. The minimum atomic E-state index is -1.95. The van der Waals surface area contributed by atoms with Crippen LogP contribution in [0.2, 0.25) is 0 Å². The number of esters is 5. The van der Waals surface area contributed by atoms with Crippen LogP contribution in [-0.2, 0) is 42.6 Å². The maximum atomic E-state index is 14.1. The Morgan fingerprint density at radius 3 is 1.25 bits per heavy atom. The summed E-state index contributed by atoms with van der Waals surface area (Å²) in [5, 5.41) is 23.2. The van der Waals surface area contributed by atoms with Crippen LogP contribution in [0.1, 0.15) is 71.6 Å². The van der Waals surface area contributed by atoms with E-state index in [1.54, 1.807) is 91.0 Å². The molecule has 0 amide bonds. The molecule has 4 unspecified atom stereocenters. The fraction of sp³-hybridized carbons (Fsp3) is 0.314. The van der Waals surface area contributed by atoms with Crippen LogP contribution in [-0.4, -0.2) is 121 Å². The zero-order valence-electron chi connectivity index (χ0n) is 36.4. The van der Waals surface area contributed by atoms with Crippen molar-refractivity contribution in [3.8, 4) is 0 Å². The molecule has 2 aliphatic heterocycles. The molecule has 7 rings (SSSR count). The van der Waals surface area contributed by atoms with Crippen molar-refractivity contribution in [3.05, 3.63) is 179 Å². The highest BCUT2D eigenvalue weighted by molar-refractivity contribution is 5.91. The van der Waals surface area contributed by atoms with Crippen LogP contribution in [0.4, 0.5) is 0 Å². The Labute approximate surface area is 386 Å². The Kier molecular flexibility index (Phi) is 17.0. The minimum absolute atomic E-state index is 0.0724. The predicted octanol–water partition coefficient (Wildman–Crippen LogP) is 5.75. The molecule has 0 spiro atoms. The first-order chi connectivity index (χ1) is 32.6. The van der Waals surface area contributed by atoms with Crippen LogP contribution in [0.15, 0.2) is 152 Å².